The van der Waals surface area contributed by atoms with E-state index in [0.717, 1.165) is 19.3 Å². The number of aliphatic carboxylic acids is 1. The maximum absolute atomic E-state index is 12.9. The number of unbranched alkanes of at least 4 members (excludes halogenated alkanes) is 5. The minimum atomic E-state index is -0.961. The third-order valence-electron chi connectivity index (χ3n) is 5.58. The van der Waals surface area contributed by atoms with Crippen LogP contribution >= 0.6 is 0 Å². The maximum Gasteiger partial charge on any atom is 0.326 e. The van der Waals surface area contributed by atoms with Crippen LogP contribution in [0.5, 0.6) is 0 Å². The van der Waals surface area contributed by atoms with Gasteiger partial charge in [0.2, 0.25) is 5.91 Å². The Labute approximate surface area is 163 Å². The number of nitrogens with zero attached hydrogens (tertiary/aromatic N) is 1. The Morgan fingerprint density at radius 3 is 2.33 bits per heavy atom. The van der Waals surface area contributed by atoms with E-state index < -0.39 is 30.0 Å². The predicted molar refractivity (Wildman–Crippen MR) is 104 cm³/mol. The zero-order valence-corrected chi connectivity index (χ0v) is 17.4. The Balaban J connectivity index is 2.66. The molecule has 6 nitrogen and oxygen atoms in total. The molecule has 1 aliphatic heterocycles. The molecular weight excluding hydrogens is 346 g/mol. The van der Waals surface area contributed by atoms with Crippen LogP contribution in [0.25, 0.3) is 0 Å². The Morgan fingerprint density at radius 1 is 1.11 bits per heavy atom. The van der Waals surface area contributed by atoms with Gasteiger partial charge >= 0.3 is 11.9 Å². The number of esters is 1. The molecule has 1 aliphatic rings. The lowest BCUT2D eigenvalue weighted by molar-refractivity contribution is -0.160. The van der Waals surface area contributed by atoms with Crippen molar-refractivity contribution in [1.82, 2.24) is 4.90 Å². The first-order valence-corrected chi connectivity index (χ1v) is 10.5. The van der Waals surface area contributed by atoms with Crippen molar-refractivity contribution in [3.63, 3.8) is 0 Å². The molecule has 27 heavy (non-hydrogen) atoms. The molecule has 156 valence electrons. The average Bonchev–Trinajstić information content (AvgIpc) is 3.11. The van der Waals surface area contributed by atoms with E-state index in [2.05, 4.69) is 6.92 Å². The molecule has 0 aromatic heterocycles. The molecule has 6 heteroatoms. The highest BCUT2D eigenvalue weighted by atomic mass is 16.5. The van der Waals surface area contributed by atoms with Crippen LogP contribution in [-0.2, 0) is 19.1 Å². The van der Waals surface area contributed by atoms with E-state index >= 15 is 0 Å². The molecule has 0 spiro atoms. The fourth-order valence-electron chi connectivity index (χ4n) is 4.00. The number of carbonyl (C=O) groups excluding carboxylic acids is 2. The SMILES string of the molecule is CCCCCCCCC(C)C(OC(C)=O)C(C)C(=O)N1CCC[C@H]1C(=O)O. The van der Waals surface area contributed by atoms with Crippen molar-refractivity contribution >= 4 is 17.8 Å². The van der Waals surface area contributed by atoms with Crippen LogP contribution in [0, 0.1) is 11.8 Å². The standard InChI is InChI=1S/C21H37NO5/c1-5-6-7-8-9-10-12-15(2)19(27-17(4)23)16(3)20(24)22-14-11-13-18(22)21(25)26/h15-16,18-19H,5-14H2,1-4H3,(H,25,26)/t15?,16?,18-,19?/m0/s1. The minimum Gasteiger partial charge on any atom is -0.480 e. The zero-order valence-electron chi connectivity index (χ0n) is 17.4. The molecule has 1 heterocycles. The maximum atomic E-state index is 12.9. The first kappa shape index (κ1) is 23.4. The lowest BCUT2D eigenvalue weighted by atomic mass is 9.88. The third kappa shape index (κ3) is 7.51. The van der Waals surface area contributed by atoms with Gasteiger partial charge in [-0.2, -0.15) is 0 Å². The third-order valence-corrected chi connectivity index (χ3v) is 5.58. The molecule has 0 saturated carbocycles. The van der Waals surface area contributed by atoms with Crippen LogP contribution in [0.1, 0.15) is 85.5 Å². The summed E-state index contributed by atoms with van der Waals surface area (Å²) in [6.07, 6.45) is 8.69. The molecule has 0 aromatic carbocycles. The summed E-state index contributed by atoms with van der Waals surface area (Å²) in [5, 5.41) is 9.33. The topological polar surface area (TPSA) is 83.9 Å². The average molecular weight is 384 g/mol. The summed E-state index contributed by atoms with van der Waals surface area (Å²) >= 11 is 0. The van der Waals surface area contributed by atoms with Crippen LogP contribution < -0.4 is 0 Å². The van der Waals surface area contributed by atoms with Gasteiger partial charge in [-0.15, -0.1) is 0 Å². The first-order valence-electron chi connectivity index (χ1n) is 10.5. The number of ether oxygens (including phenoxy) is 1. The Hall–Kier alpha value is -1.59. The van der Waals surface area contributed by atoms with Gasteiger partial charge in [0.25, 0.3) is 0 Å². The monoisotopic (exact) mass is 383 g/mol. The molecule has 3 unspecified atom stereocenters. The quantitative estimate of drug-likeness (QED) is 0.406. The van der Waals surface area contributed by atoms with Crippen molar-refractivity contribution in [3.8, 4) is 0 Å². The molecule has 4 atom stereocenters. The summed E-state index contributed by atoms with van der Waals surface area (Å²) in [6, 6.07) is -0.758. The zero-order chi connectivity index (χ0) is 20.4. The smallest absolute Gasteiger partial charge is 0.326 e. The molecule has 1 saturated heterocycles. The summed E-state index contributed by atoms with van der Waals surface area (Å²) < 4.78 is 5.51. The highest BCUT2D eigenvalue weighted by Crippen LogP contribution is 2.27. The van der Waals surface area contributed by atoms with E-state index in [4.69, 9.17) is 4.74 Å². The molecule has 0 aliphatic carbocycles. The molecule has 1 rings (SSSR count). The van der Waals surface area contributed by atoms with Gasteiger partial charge in [-0.05, 0) is 25.2 Å². The van der Waals surface area contributed by atoms with E-state index in [9.17, 15) is 19.5 Å². The van der Waals surface area contributed by atoms with Crippen LogP contribution in [-0.4, -0.2) is 46.5 Å². The fraction of sp³-hybridized carbons (Fsp3) is 0.857. The molecule has 0 aromatic rings. The summed E-state index contributed by atoms with van der Waals surface area (Å²) in [6.45, 7) is 7.78. The van der Waals surface area contributed by atoms with Crippen molar-refractivity contribution < 1.29 is 24.2 Å². The van der Waals surface area contributed by atoms with Crippen LogP contribution in [0.3, 0.4) is 0 Å². The number of rotatable bonds is 12. The molecule has 1 amide bonds. The summed E-state index contributed by atoms with van der Waals surface area (Å²) in [4.78, 5) is 37.3. The van der Waals surface area contributed by atoms with Crippen molar-refractivity contribution in [2.45, 2.75) is 97.6 Å². The largest absolute Gasteiger partial charge is 0.480 e. The van der Waals surface area contributed by atoms with Crippen molar-refractivity contribution in [3.05, 3.63) is 0 Å². The minimum absolute atomic E-state index is 0.0601. The lowest BCUT2D eigenvalue weighted by Gasteiger charge is -2.32. The molecule has 0 bridgehead atoms. The Bertz CT molecular complexity index is 493. The Kier molecular flexibility index (Phi) is 10.4. The number of likely N-dealkylation sites (tertiary alicyclic amines) is 1. The predicted octanol–water partition coefficient (Wildman–Crippen LogP) is 4.02. The lowest BCUT2D eigenvalue weighted by Crippen LogP contribution is -2.47. The second-order valence-electron chi connectivity index (χ2n) is 7.92. The summed E-state index contributed by atoms with van der Waals surface area (Å²) in [7, 11) is 0. The highest BCUT2D eigenvalue weighted by molar-refractivity contribution is 5.86. The summed E-state index contributed by atoms with van der Waals surface area (Å²) in [5.74, 6) is -2.06. The van der Waals surface area contributed by atoms with Crippen LogP contribution in [0.15, 0.2) is 0 Å². The van der Waals surface area contributed by atoms with Gasteiger partial charge in [0.05, 0.1) is 5.92 Å². The number of carbonyl (C=O) groups is 3. The van der Waals surface area contributed by atoms with Gasteiger partial charge in [-0.3, -0.25) is 9.59 Å². The number of amides is 1. The van der Waals surface area contributed by atoms with E-state index in [1.165, 1.54) is 37.5 Å². The molecule has 1 fully saturated rings. The van der Waals surface area contributed by atoms with Gasteiger partial charge in [-0.25, -0.2) is 4.79 Å². The molecular formula is C21H37NO5. The second kappa shape index (κ2) is 12.0. The van der Waals surface area contributed by atoms with E-state index in [-0.39, 0.29) is 11.8 Å². The normalized spacial score (nSPS) is 20.1. The van der Waals surface area contributed by atoms with Gasteiger partial charge in [0, 0.05) is 13.5 Å². The number of hydrogen-bond donors (Lipinski definition) is 1. The second-order valence-corrected chi connectivity index (χ2v) is 7.92. The molecule has 1 N–H and O–H groups in total. The fourth-order valence-corrected chi connectivity index (χ4v) is 4.00. The van der Waals surface area contributed by atoms with E-state index in [1.807, 2.05) is 6.92 Å². The highest BCUT2D eigenvalue weighted by Gasteiger charge is 2.40. The Morgan fingerprint density at radius 2 is 1.74 bits per heavy atom. The van der Waals surface area contributed by atoms with Crippen LogP contribution in [0.2, 0.25) is 0 Å². The van der Waals surface area contributed by atoms with Crippen LogP contribution in [0.4, 0.5) is 0 Å². The number of carboxylic acids is 1. The summed E-state index contributed by atoms with van der Waals surface area (Å²) in [5.41, 5.74) is 0. The van der Waals surface area contributed by atoms with Gasteiger partial charge in [0.1, 0.15) is 12.1 Å². The molecule has 0 radical (unpaired) electrons. The number of hydrogen-bond acceptors (Lipinski definition) is 4. The van der Waals surface area contributed by atoms with Crippen molar-refractivity contribution in [2.24, 2.45) is 11.8 Å². The number of carboxylic acid groups (broad SMARTS) is 1. The first-order chi connectivity index (χ1) is 12.8. The van der Waals surface area contributed by atoms with Crippen molar-refractivity contribution in [1.29, 1.82) is 0 Å². The van der Waals surface area contributed by atoms with Gasteiger partial charge < -0.3 is 14.7 Å². The van der Waals surface area contributed by atoms with E-state index in [1.54, 1.807) is 6.92 Å². The van der Waals surface area contributed by atoms with Crippen molar-refractivity contribution in [2.75, 3.05) is 6.54 Å². The van der Waals surface area contributed by atoms with E-state index in [0.29, 0.717) is 19.4 Å². The van der Waals surface area contributed by atoms with Gasteiger partial charge in [0.15, 0.2) is 0 Å². The van der Waals surface area contributed by atoms with Gasteiger partial charge in [-0.1, -0.05) is 59.3 Å².